The molecule has 3 rings (SSSR count). The van der Waals surface area contributed by atoms with Crippen molar-refractivity contribution in [2.45, 2.75) is 19.4 Å². The van der Waals surface area contributed by atoms with Crippen molar-refractivity contribution in [2.24, 2.45) is 10.4 Å². The first-order chi connectivity index (χ1) is 11.2. The summed E-state index contributed by atoms with van der Waals surface area (Å²) in [5.41, 5.74) is 0.277. The molecule has 1 atom stereocenters. The Labute approximate surface area is 159 Å². The average Bonchev–Trinajstić information content (AvgIpc) is 3.30. The second-order valence-electron chi connectivity index (χ2n) is 6.23. The van der Waals surface area contributed by atoms with Gasteiger partial charge < -0.3 is 24.7 Å². The van der Waals surface area contributed by atoms with Gasteiger partial charge in [-0.05, 0) is 25.0 Å². The number of hydrogen-bond donors (Lipinski definition) is 2. The van der Waals surface area contributed by atoms with Crippen molar-refractivity contribution in [3.63, 3.8) is 0 Å². The molecular weight excluding hydrogens is 423 g/mol. The normalized spacial score (nSPS) is 23.4. The summed E-state index contributed by atoms with van der Waals surface area (Å²) in [7, 11) is 1.75. The quantitative estimate of drug-likeness (QED) is 0.411. The molecule has 1 aromatic rings. The summed E-state index contributed by atoms with van der Waals surface area (Å²) in [6.07, 6.45) is 3.83. The van der Waals surface area contributed by atoms with E-state index in [0.717, 1.165) is 50.9 Å². The van der Waals surface area contributed by atoms with Gasteiger partial charge in [-0.25, -0.2) is 0 Å². The van der Waals surface area contributed by atoms with Gasteiger partial charge in [0.1, 0.15) is 5.76 Å². The number of halogens is 1. The smallest absolute Gasteiger partial charge is 0.239 e. The minimum absolute atomic E-state index is 0. The van der Waals surface area contributed by atoms with Crippen molar-refractivity contribution in [2.75, 3.05) is 39.9 Å². The van der Waals surface area contributed by atoms with Crippen LogP contribution in [-0.2, 0) is 16.1 Å². The first kappa shape index (κ1) is 19.0. The Bertz CT molecular complexity index is 556. The Hall–Kier alpha value is -1.29. The van der Waals surface area contributed by atoms with Crippen LogP contribution < -0.4 is 10.6 Å². The molecule has 1 aromatic heterocycles. The molecular formula is C16H25IN4O3. The van der Waals surface area contributed by atoms with E-state index in [9.17, 15) is 4.79 Å². The van der Waals surface area contributed by atoms with Crippen LogP contribution in [0.1, 0.15) is 18.6 Å². The third-order valence-corrected chi connectivity index (χ3v) is 4.58. The second-order valence-corrected chi connectivity index (χ2v) is 6.23. The molecule has 2 aliphatic rings. The zero-order valence-corrected chi connectivity index (χ0v) is 16.2. The average molecular weight is 448 g/mol. The maximum Gasteiger partial charge on any atom is 0.239 e. The number of guanidine groups is 1. The van der Waals surface area contributed by atoms with Gasteiger partial charge in [-0.1, -0.05) is 0 Å². The van der Waals surface area contributed by atoms with Crippen molar-refractivity contribution in [1.82, 2.24) is 15.5 Å². The number of amides is 1. The molecule has 0 saturated carbocycles. The Kier molecular flexibility index (Phi) is 6.90. The van der Waals surface area contributed by atoms with E-state index >= 15 is 0 Å². The molecule has 2 N–H and O–H groups in total. The zero-order valence-electron chi connectivity index (χ0n) is 13.9. The highest BCUT2D eigenvalue weighted by molar-refractivity contribution is 14.0. The van der Waals surface area contributed by atoms with Crippen molar-refractivity contribution >= 4 is 35.8 Å². The van der Waals surface area contributed by atoms with E-state index in [2.05, 4.69) is 20.5 Å². The highest BCUT2D eigenvalue weighted by Crippen LogP contribution is 2.38. The Morgan fingerprint density at radius 1 is 1.42 bits per heavy atom. The van der Waals surface area contributed by atoms with Crippen LogP contribution in [0.15, 0.2) is 27.8 Å². The highest BCUT2D eigenvalue weighted by atomic mass is 127. The first-order valence-electron chi connectivity index (χ1n) is 8.03. The van der Waals surface area contributed by atoms with Crippen molar-refractivity contribution in [3.8, 4) is 0 Å². The monoisotopic (exact) mass is 448 g/mol. The number of ether oxygens (including phenoxy) is 1. The summed E-state index contributed by atoms with van der Waals surface area (Å²) in [5.74, 6) is 1.44. The van der Waals surface area contributed by atoms with E-state index in [-0.39, 0.29) is 41.8 Å². The number of nitrogens with one attached hydrogen (secondary N) is 2. The highest BCUT2D eigenvalue weighted by Gasteiger charge is 2.42. The maximum atomic E-state index is 11.9. The number of rotatable bonds is 4. The standard InChI is InChI=1S/C16H24N4O3.HI/c1-17-15(20-6-4-16(11-20)5-8-22-12-16)19-10-14(21)18-9-13-3-2-7-23-13;/h2-3,7H,4-6,8-12H2,1H3,(H,17,19)(H,18,21);1H. The molecule has 134 valence electrons. The van der Waals surface area contributed by atoms with E-state index < -0.39 is 0 Å². The van der Waals surface area contributed by atoms with Gasteiger partial charge in [0, 0.05) is 32.2 Å². The summed E-state index contributed by atoms with van der Waals surface area (Å²) in [6, 6.07) is 3.64. The van der Waals surface area contributed by atoms with Crippen LogP contribution in [0.4, 0.5) is 0 Å². The fourth-order valence-corrected chi connectivity index (χ4v) is 3.24. The Morgan fingerprint density at radius 3 is 2.96 bits per heavy atom. The van der Waals surface area contributed by atoms with Crippen LogP contribution in [0.2, 0.25) is 0 Å². The summed E-state index contributed by atoms with van der Waals surface area (Å²) in [5, 5.41) is 5.96. The molecule has 0 aromatic carbocycles. The lowest BCUT2D eigenvalue weighted by Gasteiger charge is -2.24. The van der Waals surface area contributed by atoms with E-state index in [4.69, 9.17) is 9.15 Å². The molecule has 2 fully saturated rings. The number of nitrogens with zero attached hydrogens (tertiary/aromatic N) is 2. The molecule has 24 heavy (non-hydrogen) atoms. The topological polar surface area (TPSA) is 79.1 Å². The number of furan rings is 1. The summed E-state index contributed by atoms with van der Waals surface area (Å²) in [4.78, 5) is 18.4. The Morgan fingerprint density at radius 2 is 2.29 bits per heavy atom. The van der Waals surface area contributed by atoms with Gasteiger partial charge in [0.25, 0.3) is 0 Å². The molecule has 3 heterocycles. The molecule has 1 amide bonds. The van der Waals surface area contributed by atoms with Gasteiger partial charge in [0.15, 0.2) is 5.96 Å². The number of carbonyl (C=O) groups excluding carboxylic acids is 1. The van der Waals surface area contributed by atoms with Gasteiger partial charge in [0.05, 0.1) is 26.0 Å². The number of aliphatic imine (C=N–C) groups is 1. The summed E-state index contributed by atoms with van der Waals surface area (Å²) < 4.78 is 10.7. The molecule has 7 nitrogen and oxygen atoms in total. The lowest BCUT2D eigenvalue weighted by molar-refractivity contribution is -0.120. The van der Waals surface area contributed by atoms with Crippen molar-refractivity contribution in [1.29, 1.82) is 0 Å². The van der Waals surface area contributed by atoms with E-state index in [0.29, 0.717) is 6.54 Å². The van der Waals surface area contributed by atoms with E-state index in [1.54, 1.807) is 19.4 Å². The van der Waals surface area contributed by atoms with Gasteiger partial charge >= 0.3 is 0 Å². The predicted molar refractivity (Wildman–Crippen MR) is 101 cm³/mol. The fraction of sp³-hybridized carbons (Fsp3) is 0.625. The number of likely N-dealkylation sites (tertiary alicyclic amines) is 1. The molecule has 2 aliphatic heterocycles. The van der Waals surface area contributed by atoms with Crippen LogP contribution in [0.25, 0.3) is 0 Å². The molecule has 0 aliphatic carbocycles. The molecule has 1 spiro atoms. The van der Waals surface area contributed by atoms with Gasteiger partial charge in [-0.3, -0.25) is 9.79 Å². The summed E-state index contributed by atoms with van der Waals surface area (Å²) >= 11 is 0. The van der Waals surface area contributed by atoms with Gasteiger partial charge in [-0.15, -0.1) is 24.0 Å². The van der Waals surface area contributed by atoms with Gasteiger partial charge in [-0.2, -0.15) is 0 Å². The summed E-state index contributed by atoms with van der Waals surface area (Å²) in [6.45, 7) is 4.20. The lowest BCUT2D eigenvalue weighted by atomic mass is 9.87. The van der Waals surface area contributed by atoms with Crippen LogP contribution in [0.5, 0.6) is 0 Å². The molecule has 8 heteroatoms. The number of hydrogen-bond acceptors (Lipinski definition) is 4. The van der Waals surface area contributed by atoms with Gasteiger partial charge in [0.2, 0.25) is 5.91 Å². The minimum atomic E-state index is -0.0827. The van der Waals surface area contributed by atoms with Crippen LogP contribution in [0.3, 0.4) is 0 Å². The van der Waals surface area contributed by atoms with Crippen LogP contribution in [-0.4, -0.2) is 56.7 Å². The second kappa shape index (κ2) is 8.70. The fourth-order valence-electron chi connectivity index (χ4n) is 3.24. The SMILES string of the molecule is CN=C(NCC(=O)NCc1ccco1)N1CCC2(CCOC2)C1.I. The Balaban J connectivity index is 0.00000208. The first-order valence-corrected chi connectivity index (χ1v) is 8.03. The van der Waals surface area contributed by atoms with E-state index in [1.165, 1.54) is 0 Å². The zero-order chi connectivity index (χ0) is 16.1. The molecule has 0 radical (unpaired) electrons. The largest absolute Gasteiger partial charge is 0.467 e. The van der Waals surface area contributed by atoms with Crippen LogP contribution in [0, 0.1) is 5.41 Å². The molecule has 1 unspecified atom stereocenters. The molecule has 0 bridgehead atoms. The lowest BCUT2D eigenvalue weighted by Crippen LogP contribution is -2.45. The third kappa shape index (κ3) is 4.62. The molecule has 2 saturated heterocycles. The minimum Gasteiger partial charge on any atom is -0.467 e. The van der Waals surface area contributed by atoms with E-state index in [1.807, 2.05) is 6.07 Å². The van der Waals surface area contributed by atoms with Crippen molar-refractivity contribution in [3.05, 3.63) is 24.2 Å². The van der Waals surface area contributed by atoms with Crippen molar-refractivity contribution < 1.29 is 13.9 Å². The number of carbonyl (C=O) groups is 1. The van der Waals surface area contributed by atoms with Crippen LogP contribution >= 0.6 is 24.0 Å². The predicted octanol–water partition coefficient (Wildman–Crippen LogP) is 1.20. The maximum absolute atomic E-state index is 11.9. The third-order valence-electron chi connectivity index (χ3n) is 4.58.